The molecule has 116 valence electrons. The van der Waals surface area contributed by atoms with Crippen molar-refractivity contribution in [2.45, 2.75) is 19.5 Å². The standard InChI is InChI=1S/C15H19N5OS/c16-13(21)11-6-8-19(9-7-11)10-20-15(22)17-14(18-20)12-4-2-1-3-5-12/h1-5,11H,6-10H2,(H2,16,21)(H,17,18,22). The summed E-state index contributed by atoms with van der Waals surface area (Å²) in [6.45, 7) is 2.34. The minimum absolute atomic E-state index is 0.00543. The molecule has 7 heteroatoms. The number of carbonyl (C=O) groups excluding carboxylic acids is 1. The zero-order chi connectivity index (χ0) is 15.5. The van der Waals surface area contributed by atoms with Crippen molar-refractivity contribution in [2.24, 2.45) is 11.7 Å². The van der Waals surface area contributed by atoms with E-state index >= 15 is 0 Å². The molecule has 0 radical (unpaired) electrons. The molecule has 0 bridgehead atoms. The van der Waals surface area contributed by atoms with E-state index in [1.54, 1.807) is 0 Å². The molecule has 0 aliphatic carbocycles. The van der Waals surface area contributed by atoms with E-state index in [1.807, 2.05) is 35.0 Å². The number of aromatic nitrogens is 3. The van der Waals surface area contributed by atoms with Gasteiger partial charge in [0.2, 0.25) is 10.7 Å². The fourth-order valence-electron chi connectivity index (χ4n) is 2.74. The van der Waals surface area contributed by atoms with Crippen LogP contribution >= 0.6 is 12.2 Å². The number of amides is 1. The van der Waals surface area contributed by atoms with E-state index in [-0.39, 0.29) is 11.8 Å². The Labute approximate surface area is 133 Å². The van der Waals surface area contributed by atoms with E-state index in [2.05, 4.69) is 15.0 Å². The molecule has 3 N–H and O–H groups in total. The average Bonchev–Trinajstić information content (AvgIpc) is 2.90. The molecule has 1 aliphatic heterocycles. The molecule has 0 atom stereocenters. The Bertz CT molecular complexity index is 700. The van der Waals surface area contributed by atoms with Crippen LogP contribution in [0.15, 0.2) is 30.3 Å². The number of H-pyrrole nitrogens is 1. The second-order valence-electron chi connectivity index (χ2n) is 5.58. The lowest BCUT2D eigenvalue weighted by Crippen LogP contribution is -2.39. The van der Waals surface area contributed by atoms with E-state index in [9.17, 15) is 4.79 Å². The van der Waals surface area contributed by atoms with E-state index in [1.165, 1.54) is 0 Å². The summed E-state index contributed by atoms with van der Waals surface area (Å²) >= 11 is 5.33. The van der Waals surface area contributed by atoms with Crippen LogP contribution in [0.5, 0.6) is 0 Å². The molecule has 1 aromatic carbocycles. The summed E-state index contributed by atoms with van der Waals surface area (Å²) in [5.41, 5.74) is 6.38. The lowest BCUT2D eigenvalue weighted by atomic mass is 9.97. The number of piperidine rings is 1. The van der Waals surface area contributed by atoms with Crippen LogP contribution in [-0.2, 0) is 11.5 Å². The number of aromatic amines is 1. The predicted molar refractivity (Wildman–Crippen MR) is 86.3 cm³/mol. The highest BCUT2D eigenvalue weighted by molar-refractivity contribution is 7.71. The van der Waals surface area contributed by atoms with Gasteiger partial charge in [-0.2, -0.15) is 4.98 Å². The van der Waals surface area contributed by atoms with Crippen molar-refractivity contribution in [1.29, 1.82) is 0 Å². The molecule has 22 heavy (non-hydrogen) atoms. The Balaban J connectivity index is 1.68. The highest BCUT2D eigenvalue weighted by atomic mass is 32.1. The first-order valence-corrected chi connectivity index (χ1v) is 7.78. The van der Waals surface area contributed by atoms with Gasteiger partial charge in [-0.25, -0.2) is 4.68 Å². The molecule has 6 nitrogen and oxygen atoms in total. The molecule has 1 fully saturated rings. The van der Waals surface area contributed by atoms with Crippen molar-refractivity contribution in [3.8, 4) is 11.4 Å². The Hall–Kier alpha value is -1.99. The first-order chi connectivity index (χ1) is 10.6. The van der Waals surface area contributed by atoms with Gasteiger partial charge in [-0.05, 0) is 25.1 Å². The van der Waals surface area contributed by atoms with Gasteiger partial charge < -0.3 is 5.73 Å². The Morgan fingerprint density at radius 2 is 2.00 bits per heavy atom. The first-order valence-electron chi connectivity index (χ1n) is 7.37. The van der Waals surface area contributed by atoms with E-state index in [4.69, 9.17) is 18.0 Å². The minimum Gasteiger partial charge on any atom is -0.369 e. The van der Waals surface area contributed by atoms with Crippen LogP contribution in [0.4, 0.5) is 0 Å². The van der Waals surface area contributed by atoms with Crippen molar-refractivity contribution >= 4 is 18.1 Å². The van der Waals surface area contributed by atoms with Gasteiger partial charge in [0.15, 0.2) is 5.82 Å². The van der Waals surface area contributed by atoms with E-state index in [0.717, 1.165) is 37.3 Å². The van der Waals surface area contributed by atoms with Crippen molar-refractivity contribution < 1.29 is 4.79 Å². The van der Waals surface area contributed by atoms with Crippen molar-refractivity contribution in [3.05, 3.63) is 35.1 Å². The summed E-state index contributed by atoms with van der Waals surface area (Å²) in [6.07, 6.45) is 1.62. The SMILES string of the molecule is NC(=O)C1CCN(Cn2[nH]c(-c3ccccc3)nc2=S)CC1. The summed E-state index contributed by atoms with van der Waals surface area (Å²) in [7, 11) is 0. The molecule has 2 heterocycles. The smallest absolute Gasteiger partial charge is 0.220 e. The second kappa shape index (κ2) is 6.41. The number of primary amides is 1. The number of benzene rings is 1. The molecule has 0 unspecified atom stereocenters. The highest BCUT2D eigenvalue weighted by Crippen LogP contribution is 2.18. The maximum Gasteiger partial charge on any atom is 0.220 e. The maximum atomic E-state index is 11.2. The fourth-order valence-corrected chi connectivity index (χ4v) is 2.93. The summed E-state index contributed by atoms with van der Waals surface area (Å²) in [6, 6.07) is 9.91. The zero-order valence-corrected chi connectivity index (χ0v) is 13.1. The third-order valence-electron chi connectivity index (χ3n) is 4.06. The minimum atomic E-state index is -0.191. The van der Waals surface area contributed by atoms with Gasteiger partial charge >= 0.3 is 0 Å². The van der Waals surface area contributed by atoms with Gasteiger partial charge in [0.1, 0.15) is 0 Å². The quantitative estimate of drug-likeness (QED) is 0.842. The van der Waals surface area contributed by atoms with Gasteiger partial charge in [-0.3, -0.25) is 14.8 Å². The fraction of sp³-hybridized carbons (Fsp3) is 0.400. The monoisotopic (exact) mass is 317 g/mol. The number of carbonyl (C=O) groups is 1. The van der Waals surface area contributed by atoms with Crippen molar-refractivity contribution in [2.75, 3.05) is 13.1 Å². The van der Waals surface area contributed by atoms with Gasteiger partial charge in [0, 0.05) is 24.6 Å². The van der Waals surface area contributed by atoms with Crippen LogP contribution in [0, 0.1) is 10.7 Å². The largest absolute Gasteiger partial charge is 0.369 e. The molecule has 3 rings (SSSR count). The number of hydrogen-bond donors (Lipinski definition) is 2. The van der Waals surface area contributed by atoms with Gasteiger partial charge in [-0.1, -0.05) is 30.3 Å². The first kappa shape index (κ1) is 14.9. The number of nitrogens with two attached hydrogens (primary N) is 1. The Morgan fingerprint density at radius 3 is 2.64 bits per heavy atom. The van der Waals surface area contributed by atoms with Crippen molar-refractivity contribution in [1.82, 2.24) is 19.7 Å². The van der Waals surface area contributed by atoms with Crippen LogP contribution < -0.4 is 5.73 Å². The van der Waals surface area contributed by atoms with Crippen LogP contribution in [-0.4, -0.2) is 38.7 Å². The molecule has 0 spiro atoms. The Morgan fingerprint density at radius 1 is 1.32 bits per heavy atom. The normalized spacial score (nSPS) is 16.7. The maximum absolute atomic E-state index is 11.2. The third-order valence-corrected chi connectivity index (χ3v) is 4.37. The molecule has 1 aromatic heterocycles. The van der Waals surface area contributed by atoms with E-state index in [0.29, 0.717) is 11.4 Å². The van der Waals surface area contributed by atoms with Crippen LogP contribution in [0.3, 0.4) is 0 Å². The molecule has 1 saturated heterocycles. The van der Waals surface area contributed by atoms with Gasteiger partial charge in [0.05, 0.1) is 6.67 Å². The number of rotatable bonds is 4. The number of hydrogen-bond acceptors (Lipinski definition) is 4. The molecule has 2 aromatic rings. The molecule has 0 saturated carbocycles. The molecular formula is C15H19N5OS. The topological polar surface area (TPSA) is 79.9 Å². The Kier molecular flexibility index (Phi) is 4.35. The van der Waals surface area contributed by atoms with Gasteiger partial charge in [0.25, 0.3) is 0 Å². The third kappa shape index (κ3) is 3.26. The average molecular weight is 317 g/mol. The molecular weight excluding hydrogens is 298 g/mol. The molecule has 1 aliphatic rings. The summed E-state index contributed by atoms with van der Waals surface area (Å²) < 4.78 is 2.40. The van der Waals surface area contributed by atoms with E-state index < -0.39 is 0 Å². The summed E-state index contributed by atoms with van der Waals surface area (Å²) in [5, 5.41) is 3.25. The zero-order valence-electron chi connectivity index (χ0n) is 12.2. The lowest BCUT2D eigenvalue weighted by Gasteiger charge is -2.30. The number of nitrogens with zero attached hydrogens (tertiary/aromatic N) is 3. The van der Waals surface area contributed by atoms with Crippen LogP contribution in [0.25, 0.3) is 11.4 Å². The van der Waals surface area contributed by atoms with Crippen LogP contribution in [0.2, 0.25) is 0 Å². The summed E-state index contributed by atoms with van der Waals surface area (Å²) in [5.74, 6) is 0.590. The van der Waals surface area contributed by atoms with Crippen LogP contribution in [0.1, 0.15) is 12.8 Å². The summed E-state index contributed by atoms with van der Waals surface area (Å²) in [4.78, 5) is 17.9. The second-order valence-corrected chi connectivity index (χ2v) is 5.95. The lowest BCUT2D eigenvalue weighted by molar-refractivity contribution is -0.123. The van der Waals surface area contributed by atoms with Gasteiger partial charge in [-0.15, -0.1) is 0 Å². The number of nitrogens with one attached hydrogen (secondary N) is 1. The molecule has 1 amide bonds. The number of likely N-dealkylation sites (tertiary alicyclic amines) is 1. The predicted octanol–water partition coefficient (Wildman–Crippen LogP) is 1.76. The highest BCUT2D eigenvalue weighted by Gasteiger charge is 2.23. The van der Waals surface area contributed by atoms with Crippen molar-refractivity contribution in [3.63, 3.8) is 0 Å².